The van der Waals surface area contributed by atoms with Crippen LogP contribution in [0.15, 0.2) is 54.1 Å². The van der Waals surface area contributed by atoms with Crippen molar-refractivity contribution in [2.45, 2.75) is 6.61 Å². The summed E-state index contributed by atoms with van der Waals surface area (Å²) < 4.78 is 9.85. The van der Waals surface area contributed by atoms with Crippen LogP contribution in [0.3, 0.4) is 0 Å². The van der Waals surface area contributed by atoms with Gasteiger partial charge in [0, 0.05) is 19.8 Å². The Labute approximate surface area is 158 Å². The van der Waals surface area contributed by atoms with E-state index in [1.165, 1.54) is 13.2 Å². The standard InChI is InChI=1S/C21H20N2O4/c1-23(2)19-9-7-15(8-10-19)11-18(13-22)21(25)27-14-16-5-4-6-17(12-16)20(24)26-3/h4-12H,14H2,1-3H3/b18-11+. The Balaban J connectivity index is 2.07. The van der Waals surface area contributed by atoms with E-state index < -0.39 is 11.9 Å². The van der Waals surface area contributed by atoms with Gasteiger partial charge in [-0.2, -0.15) is 5.26 Å². The Hall–Kier alpha value is -3.59. The fourth-order valence-corrected chi connectivity index (χ4v) is 2.30. The molecule has 6 heteroatoms. The summed E-state index contributed by atoms with van der Waals surface area (Å²) in [5, 5.41) is 9.26. The molecule has 138 valence electrons. The predicted molar refractivity (Wildman–Crippen MR) is 102 cm³/mol. The van der Waals surface area contributed by atoms with Crippen LogP contribution in [-0.2, 0) is 20.9 Å². The van der Waals surface area contributed by atoms with Crippen molar-refractivity contribution in [3.05, 3.63) is 70.8 Å². The Kier molecular flexibility index (Phi) is 6.73. The Morgan fingerprint density at radius 1 is 1.15 bits per heavy atom. The predicted octanol–water partition coefficient (Wildman–Crippen LogP) is 3.19. The van der Waals surface area contributed by atoms with Crippen LogP contribution < -0.4 is 4.90 Å². The van der Waals surface area contributed by atoms with Crippen molar-refractivity contribution in [1.82, 2.24) is 0 Å². The van der Waals surface area contributed by atoms with Crippen LogP contribution in [0, 0.1) is 11.3 Å². The third-order valence-corrected chi connectivity index (χ3v) is 3.78. The third-order valence-electron chi connectivity index (χ3n) is 3.78. The molecule has 0 fully saturated rings. The van der Waals surface area contributed by atoms with Crippen molar-refractivity contribution in [3.63, 3.8) is 0 Å². The van der Waals surface area contributed by atoms with Crippen LogP contribution in [0.4, 0.5) is 5.69 Å². The summed E-state index contributed by atoms with van der Waals surface area (Å²) in [4.78, 5) is 25.7. The number of hydrogen-bond acceptors (Lipinski definition) is 6. The summed E-state index contributed by atoms with van der Waals surface area (Å²) in [7, 11) is 5.15. The molecule has 0 saturated carbocycles. The molecule has 0 radical (unpaired) electrons. The lowest BCUT2D eigenvalue weighted by molar-refractivity contribution is -0.139. The molecule has 0 amide bonds. The monoisotopic (exact) mass is 364 g/mol. The van der Waals surface area contributed by atoms with Crippen molar-refractivity contribution < 1.29 is 19.1 Å². The zero-order chi connectivity index (χ0) is 19.8. The molecule has 0 bridgehead atoms. The van der Waals surface area contributed by atoms with E-state index in [2.05, 4.69) is 4.74 Å². The molecule has 6 nitrogen and oxygen atoms in total. The molecule has 0 saturated heterocycles. The molecular weight excluding hydrogens is 344 g/mol. The fourth-order valence-electron chi connectivity index (χ4n) is 2.30. The SMILES string of the molecule is COC(=O)c1cccc(COC(=O)/C(C#N)=C/c2ccc(N(C)C)cc2)c1. The van der Waals surface area contributed by atoms with Gasteiger partial charge in [-0.3, -0.25) is 0 Å². The smallest absolute Gasteiger partial charge is 0.349 e. The molecule has 0 aliphatic rings. The van der Waals surface area contributed by atoms with Crippen molar-refractivity contribution in [2.24, 2.45) is 0 Å². The average Bonchev–Trinajstić information content (AvgIpc) is 2.70. The van der Waals surface area contributed by atoms with E-state index in [1.807, 2.05) is 49.3 Å². The number of methoxy groups -OCH3 is 1. The largest absolute Gasteiger partial charge is 0.465 e. The van der Waals surface area contributed by atoms with Crippen LogP contribution >= 0.6 is 0 Å². The minimum absolute atomic E-state index is 0.0533. The third kappa shape index (κ3) is 5.44. The van der Waals surface area contributed by atoms with Crippen LogP contribution in [-0.4, -0.2) is 33.1 Å². The number of ether oxygens (including phenoxy) is 2. The molecule has 2 aromatic carbocycles. The number of benzene rings is 2. The minimum Gasteiger partial charge on any atom is -0.465 e. The molecule has 2 aromatic rings. The molecular formula is C21H20N2O4. The zero-order valence-electron chi connectivity index (χ0n) is 15.4. The van der Waals surface area contributed by atoms with Gasteiger partial charge >= 0.3 is 11.9 Å². The summed E-state index contributed by atoms with van der Waals surface area (Å²) in [6.07, 6.45) is 1.48. The second-order valence-electron chi connectivity index (χ2n) is 5.92. The normalized spacial score (nSPS) is 10.7. The maximum atomic E-state index is 12.2. The number of nitriles is 1. The summed E-state index contributed by atoms with van der Waals surface area (Å²) >= 11 is 0. The highest BCUT2D eigenvalue weighted by atomic mass is 16.5. The maximum absolute atomic E-state index is 12.2. The highest BCUT2D eigenvalue weighted by molar-refractivity contribution is 5.98. The minimum atomic E-state index is -0.724. The average molecular weight is 364 g/mol. The van der Waals surface area contributed by atoms with Crippen molar-refractivity contribution in [1.29, 1.82) is 5.26 Å². The highest BCUT2D eigenvalue weighted by Crippen LogP contribution is 2.15. The molecule has 0 aliphatic carbocycles. The molecule has 0 atom stereocenters. The van der Waals surface area contributed by atoms with E-state index >= 15 is 0 Å². The van der Waals surface area contributed by atoms with Crippen LogP contribution in [0.25, 0.3) is 6.08 Å². The van der Waals surface area contributed by atoms with Gasteiger partial charge in [0.25, 0.3) is 0 Å². The molecule has 0 aliphatic heterocycles. The van der Waals surface area contributed by atoms with Gasteiger partial charge in [0.2, 0.25) is 0 Å². The molecule has 0 heterocycles. The van der Waals surface area contributed by atoms with Gasteiger partial charge < -0.3 is 14.4 Å². The second kappa shape index (κ2) is 9.20. The first-order valence-corrected chi connectivity index (χ1v) is 8.18. The first-order chi connectivity index (χ1) is 12.9. The van der Waals surface area contributed by atoms with Crippen molar-refractivity contribution in [2.75, 3.05) is 26.1 Å². The number of carbonyl (C=O) groups excluding carboxylic acids is 2. The number of esters is 2. The number of anilines is 1. The Morgan fingerprint density at radius 3 is 2.44 bits per heavy atom. The topological polar surface area (TPSA) is 79.6 Å². The number of rotatable bonds is 6. The number of nitrogens with zero attached hydrogens (tertiary/aromatic N) is 2. The second-order valence-corrected chi connectivity index (χ2v) is 5.92. The lowest BCUT2D eigenvalue weighted by Crippen LogP contribution is -2.08. The molecule has 0 N–H and O–H groups in total. The molecule has 0 spiro atoms. The zero-order valence-corrected chi connectivity index (χ0v) is 15.4. The lowest BCUT2D eigenvalue weighted by Gasteiger charge is -2.11. The van der Waals surface area contributed by atoms with E-state index in [0.717, 1.165) is 11.3 Å². The lowest BCUT2D eigenvalue weighted by atomic mass is 10.1. The molecule has 0 unspecified atom stereocenters. The van der Waals surface area contributed by atoms with E-state index in [-0.39, 0.29) is 12.2 Å². The van der Waals surface area contributed by atoms with Gasteiger partial charge in [0.1, 0.15) is 18.2 Å². The number of carbonyl (C=O) groups is 2. The maximum Gasteiger partial charge on any atom is 0.349 e. The van der Waals surface area contributed by atoms with Crippen molar-refractivity contribution in [3.8, 4) is 6.07 Å². The molecule has 27 heavy (non-hydrogen) atoms. The summed E-state index contributed by atoms with van der Waals surface area (Å²) in [6, 6.07) is 15.9. The van der Waals surface area contributed by atoms with E-state index in [1.54, 1.807) is 24.3 Å². The first kappa shape index (κ1) is 19.7. The number of hydrogen-bond donors (Lipinski definition) is 0. The quantitative estimate of drug-likeness (QED) is 0.445. The Morgan fingerprint density at radius 2 is 1.85 bits per heavy atom. The van der Waals surface area contributed by atoms with E-state index in [9.17, 15) is 14.9 Å². The van der Waals surface area contributed by atoms with Crippen LogP contribution in [0.1, 0.15) is 21.5 Å². The van der Waals surface area contributed by atoms with Gasteiger partial charge in [-0.15, -0.1) is 0 Å². The first-order valence-electron chi connectivity index (χ1n) is 8.18. The van der Waals surface area contributed by atoms with Gasteiger partial charge in [0.15, 0.2) is 0 Å². The van der Waals surface area contributed by atoms with Crippen molar-refractivity contribution >= 4 is 23.7 Å². The summed E-state index contributed by atoms with van der Waals surface area (Å²) in [6.45, 7) is -0.0533. The van der Waals surface area contributed by atoms with Crippen LogP contribution in [0.2, 0.25) is 0 Å². The van der Waals surface area contributed by atoms with E-state index in [4.69, 9.17) is 4.74 Å². The van der Waals surface area contributed by atoms with Gasteiger partial charge in [-0.25, -0.2) is 9.59 Å². The van der Waals surface area contributed by atoms with Gasteiger partial charge in [0.05, 0.1) is 12.7 Å². The van der Waals surface area contributed by atoms with Gasteiger partial charge in [-0.05, 0) is 41.5 Å². The van der Waals surface area contributed by atoms with Crippen LogP contribution in [0.5, 0.6) is 0 Å². The molecule has 0 aromatic heterocycles. The summed E-state index contributed by atoms with van der Waals surface area (Å²) in [5.41, 5.74) is 2.62. The molecule has 2 rings (SSSR count). The van der Waals surface area contributed by atoms with Gasteiger partial charge in [-0.1, -0.05) is 24.3 Å². The van der Waals surface area contributed by atoms with E-state index in [0.29, 0.717) is 11.1 Å². The Bertz CT molecular complexity index is 893. The highest BCUT2D eigenvalue weighted by Gasteiger charge is 2.12. The summed E-state index contributed by atoms with van der Waals surface area (Å²) in [5.74, 6) is -1.19. The fraction of sp³-hybridized carbons (Fsp3) is 0.190.